The zero-order valence-corrected chi connectivity index (χ0v) is 8.05. The van der Waals surface area contributed by atoms with Gasteiger partial charge in [-0.25, -0.2) is 0 Å². The van der Waals surface area contributed by atoms with Gasteiger partial charge in [0.25, 0.3) is 0 Å². The molecule has 1 rings (SSSR count). The Hall–Kier alpha value is -0.0800. The van der Waals surface area contributed by atoms with Gasteiger partial charge in [0, 0.05) is 12.6 Å². The second-order valence-corrected chi connectivity index (χ2v) is 3.74. The van der Waals surface area contributed by atoms with Gasteiger partial charge in [-0.1, -0.05) is 13.3 Å². The number of rotatable bonds is 5. The molecule has 72 valence electrons. The van der Waals surface area contributed by atoms with Crippen LogP contribution in [0, 0.1) is 5.92 Å². The lowest BCUT2D eigenvalue weighted by Gasteiger charge is -2.21. The van der Waals surface area contributed by atoms with E-state index in [2.05, 4.69) is 12.2 Å². The summed E-state index contributed by atoms with van der Waals surface area (Å²) in [7, 11) is 0. The molecule has 1 aliphatic heterocycles. The van der Waals surface area contributed by atoms with E-state index in [9.17, 15) is 0 Å². The van der Waals surface area contributed by atoms with Crippen molar-refractivity contribution in [1.29, 1.82) is 0 Å². The molecule has 0 radical (unpaired) electrons. The van der Waals surface area contributed by atoms with E-state index in [-0.39, 0.29) is 0 Å². The van der Waals surface area contributed by atoms with Crippen LogP contribution in [0.1, 0.15) is 39.0 Å². The summed E-state index contributed by atoms with van der Waals surface area (Å²) >= 11 is 0. The summed E-state index contributed by atoms with van der Waals surface area (Å²) in [4.78, 5) is 0. The maximum atomic E-state index is 8.73. The Kier molecular flexibility index (Phi) is 4.62. The molecular formula is C10H21NO. The Morgan fingerprint density at radius 2 is 2.42 bits per heavy atom. The Balaban J connectivity index is 2.22. The fourth-order valence-electron chi connectivity index (χ4n) is 2.16. The highest BCUT2D eigenvalue weighted by atomic mass is 16.2. The molecule has 0 aromatic carbocycles. The van der Waals surface area contributed by atoms with Crippen LogP contribution in [0.3, 0.4) is 0 Å². The van der Waals surface area contributed by atoms with Crippen LogP contribution in [-0.2, 0) is 0 Å². The molecule has 0 saturated carbocycles. The first-order chi connectivity index (χ1) is 5.88. The number of nitrogens with one attached hydrogen (secondary N) is 1. The highest BCUT2D eigenvalue weighted by Gasteiger charge is 2.22. The summed E-state index contributed by atoms with van der Waals surface area (Å²) in [6.07, 6.45) is 6.07. The van der Waals surface area contributed by atoms with E-state index >= 15 is 0 Å². The first-order valence-electron chi connectivity index (χ1n) is 5.22. The number of hydrogen-bond acceptors (Lipinski definition) is 2. The normalized spacial score (nSPS) is 26.0. The van der Waals surface area contributed by atoms with E-state index in [1.807, 2.05) is 0 Å². The molecule has 1 aliphatic rings. The van der Waals surface area contributed by atoms with Gasteiger partial charge in [-0.3, -0.25) is 0 Å². The fraction of sp³-hybridized carbons (Fsp3) is 1.00. The maximum absolute atomic E-state index is 8.73. The lowest BCUT2D eigenvalue weighted by atomic mass is 9.91. The third-order valence-electron chi connectivity index (χ3n) is 2.92. The van der Waals surface area contributed by atoms with Crippen molar-refractivity contribution in [3.05, 3.63) is 0 Å². The van der Waals surface area contributed by atoms with Gasteiger partial charge in [0.15, 0.2) is 0 Å². The third kappa shape index (κ3) is 2.76. The summed E-state index contributed by atoms with van der Waals surface area (Å²) < 4.78 is 0. The molecule has 0 bridgehead atoms. The average Bonchev–Trinajstić information content (AvgIpc) is 2.59. The zero-order chi connectivity index (χ0) is 8.81. The first-order valence-corrected chi connectivity index (χ1v) is 5.22. The van der Waals surface area contributed by atoms with Crippen LogP contribution < -0.4 is 5.32 Å². The van der Waals surface area contributed by atoms with Gasteiger partial charge in [0.1, 0.15) is 0 Å². The van der Waals surface area contributed by atoms with E-state index in [1.54, 1.807) is 0 Å². The fourth-order valence-corrected chi connectivity index (χ4v) is 2.16. The van der Waals surface area contributed by atoms with Crippen LogP contribution in [0.25, 0.3) is 0 Å². The van der Waals surface area contributed by atoms with Gasteiger partial charge in [0.2, 0.25) is 0 Å². The van der Waals surface area contributed by atoms with Crippen LogP contribution in [0.2, 0.25) is 0 Å². The van der Waals surface area contributed by atoms with Crippen LogP contribution in [0.4, 0.5) is 0 Å². The molecule has 1 saturated heterocycles. The molecule has 1 fully saturated rings. The Morgan fingerprint density at radius 3 is 2.92 bits per heavy atom. The molecule has 2 N–H and O–H groups in total. The molecule has 2 atom stereocenters. The second-order valence-electron chi connectivity index (χ2n) is 3.74. The quantitative estimate of drug-likeness (QED) is 0.657. The van der Waals surface area contributed by atoms with Crippen molar-refractivity contribution in [3.8, 4) is 0 Å². The van der Waals surface area contributed by atoms with Crippen LogP contribution in [0.5, 0.6) is 0 Å². The van der Waals surface area contributed by atoms with Crippen molar-refractivity contribution in [3.63, 3.8) is 0 Å². The highest BCUT2D eigenvalue weighted by molar-refractivity contribution is 4.80. The lowest BCUT2D eigenvalue weighted by Crippen LogP contribution is -2.30. The minimum Gasteiger partial charge on any atom is -0.396 e. The van der Waals surface area contributed by atoms with Gasteiger partial charge in [-0.15, -0.1) is 0 Å². The summed E-state index contributed by atoms with van der Waals surface area (Å²) in [6, 6.07) is 0.738. The SMILES string of the molecule is CCC(CCCO)C1CCCN1. The van der Waals surface area contributed by atoms with E-state index in [0.717, 1.165) is 18.4 Å². The highest BCUT2D eigenvalue weighted by Crippen LogP contribution is 2.21. The van der Waals surface area contributed by atoms with Crippen molar-refractivity contribution in [2.24, 2.45) is 5.92 Å². The number of hydrogen-bond donors (Lipinski definition) is 2. The monoisotopic (exact) mass is 171 g/mol. The topological polar surface area (TPSA) is 32.3 Å². The number of aliphatic hydroxyl groups excluding tert-OH is 1. The molecule has 2 unspecified atom stereocenters. The predicted octanol–water partition coefficient (Wildman–Crippen LogP) is 1.54. The summed E-state index contributed by atoms with van der Waals surface area (Å²) in [5.41, 5.74) is 0. The van der Waals surface area contributed by atoms with Crippen molar-refractivity contribution in [2.75, 3.05) is 13.2 Å². The molecule has 12 heavy (non-hydrogen) atoms. The van der Waals surface area contributed by atoms with Crippen LogP contribution >= 0.6 is 0 Å². The van der Waals surface area contributed by atoms with Crippen molar-refractivity contribution >= 4 is 0 Å². The first kappa shape index (κ1) is 10.0. The van der Waals surface area contributed by atoms with E-state index in [0.29, 0.717) is 6.61 Å². The maximum Gasteiger partial charge on any atom is 0.0431 e. The van der Waals surface area contributed by atoms with Crippen molar-refractivity contribution < 1.29 is 5.11 Å². The third-order valence-corrected chi connectivity index (χ3v) is 2.92. The predicted molar refractivity (Wildman–Crippen MR) is 51.1 cm³/mol. The van der Waals surface area contributed by atoms with Crippen LogP contribution in [-0.4, -0.2) is 24.3 Å². The van der Waals surface area contributed by atoms with Gasteiger partial charge >= 0.3 is 0 Å². The van der Waals surface area contributed by atoms with Gasteiger partial charge in [-0.2, -0.15) is 0 Å². The zero-order valence-electron chi connectivity index (χ0n) is 8.05. The van der Waals surface area contributed by atoms with E-state index < -0.39 is 0 Å². The second kappa shape index (κ2) is 5.55. The molecule has 0 aliphatic carbocycles. The largest absolute Gasteiger partial charge is 0.396 e. The Labute approximate surface area is 75.4 Å². The molecule has 0 aromatic heterocycles. The van der Waals surface area contributed by atoms with Crippen LogP contribution in [0.15, 0.2) is 0 Å². The Morgan fingerprint density at radius 1 is 1.58 bits per heavy atom. The summed E-state index contributed by atoms with van der Waals surface area (Å²) in [6.45, 7) is 3.80. The summed E-state index contributed by atoms with van der Waals surface area (Å²) in [5, 5.41) is 12.3. The van der Waals surface area contributed by atoms with Gasteiger partial charge < -0.3 is 10.4 Å². The molecule has 0 amide bonds. The minimum atomic E-state index is 0.350. The molecule has 0 spiro atoms. The molecule has 0 aromatic rings. The number of aliphatic hydroxyl groups is 1. The molecule has 2 nitrogen and oxygen atoms in total. The van der Waals surface area contributed by atoms with Gasteiger partial charge in [-0.05, 0) is 38.1 Å². The lowest BCUT2D eigenvalue weighted by molar-refractivity contribution is 0.256. The molecule has 1 heterocycles. The molecule has 2 heteroatoms. The summed E-state index contributed by atoms with van der Waals surface area (Å²) in [5.74, 6) is 0.791. The van der Waals surface area contributed by atoms with E-state index in [1.165, 1.54) is 32.2 Å². The van der Waals surface area contributed by atoms with Gasteiger partial charge in [0.05, 0.1) is 0 Å². The van der Waals surface area contributed by atoms with Crippen molar-refractivity contribution in [1.82, 2.24) is 5.32 Å². The van der Waals surface area contributed by atoms with E-state index in [4.69, 9.17) is 5.11 Å². The minimum absolute atomic E-state index is 0.350. The molecular weight excluding hydrogens is 150 g/mol. The average molecular weight is 171 g/mol. The Bertz CT molecular complexity index is 110. The smallest absolute Gasteiger partial charge is 0.0431 e. The van der Waals surface area contributed by atoms with Crippen molar-refractivity contribution in [2.45, 2.75) is 45.1 Å². The standard InChI is InChI=1S/C10H21NO/c1-2-9(5-4-8-12)10-6-3-7-11-10/h9-12H,2-8H2,1H3.